The van der Waals surface area contributed by atoms with Crippen LogP contribution in [0.2, 0.25) is 0 Å². The predicted molar refractivity (Wildman–Crippen MR) is 101 cm³/mol. The van der Waals surface area contributed by atoms with Gasteiger partial charge in [-0.3, -0.25) is 9.59 Å². The van der Waals surface area contributed by atoms with Gasteiger partial charge in [0.2, 0.25) is 5.91 Å². The van der Waals surface area contributed by atoms with Crippen LogP contribution < -0.4 is 10.6 Å². The maximum Gasteiger partial charge on any atom is 0.253 e. The van der Waals surface area contributed by atoms with Gasteiger partial charge in [-0.15, -0.1) is 0 Å². The summed E-state index contributed by atoms with van der Waals surface area (Å²) in [5.74, 6) is 0.151. The Bertz CT molecular complexity index is 665. The Morgan fingerprint density at radius 2 is 1.85 bits per heavy atom. The van der Waals surface area contributed by atoms with Crippen LogP contribution in [-0.2, 0) is 4.79 Å². The maximum absolute atomic E-state index is 13.1. The lowest BCUT2D eigenvalue weighted by Gasteiger charge is -2.41. The molecule has 3 atom stereocenters. The molecule has 4 rings (SSSR count). The Morgan fingerprint density at radius 1 is 1.15 bits per heavy atom. The minimum absolute atomic E-state index is 0.0317. The van der Waals surface area contributed by atoms with E-state index in [9.17, 15) is 9.59 Å². The first-order valence-electron chi connectivity index (χ1n) is 9.95. The number of nitrogens with one attached hydrogen (secondary N) is 2. The SMILES string of the molecule is CC1(C(=O)NC2CC3CCC(C2)N3)CCCN(C(=O)c2ccccc2)C1. The molecule has 3 heterocycles. The van der Waals surface area contributed by atoms with Gasteiger partial charge in [0, 0.05) is 36.8 Å². The Kier molecular flexibility index (Phi) is 4.74. The van der Waals surface area contributed by atoms with E-state index in [0.717, 1.165) is 32.2 Å². The van der Waals surface area contributed by atoms with E-state index >= 15 is 0 Å². The fraction of sp³-hybridized carbons (Fsp3) is 0.619. The van der Waals surface area contributed by atoms with E-state index in [1.54, 1.807) is 0 Å². The summed E-state index contributed by atoms with van der Waals surface area (Å²) in [6.45, 7) is 3.25. The second-order valence-electron chi connectivity index (χ2n) is 8.54. The molecule has 1 aromatic rings. The molecule has 3 aliphatic rings. The summed E-state index contributed by atoms with van der Waals surface area (Å²) in [5, 5.41) is 6.93. The van der Waals surface area contributed by atoms with Crippen molar-refractivity contribution in [3.8, 4) is 0 Å². The van der Waals surface area contributed by atoms with E-state index < -0.39 is 5.41 Å². The molecular weight excluding hydrogens is 326 g/mol. The zero-order valence-electron chi connectivity index (χ0n) is 15.5. The van der Waals surface area contributed by atoms with Gasteiger partial charge in [0.15, 0.2) is 0 Å². The van der Waals surface area contributed by atoms with Gasteiger partial charge in [0.25, 0.3) is 5.91 Å². The number of fused-ring (bicyclic) bond motifs is 2. The normalized spacial score (nSPS) is 33.7. The van der Waals surface area contributed by atoms with E-state index in [-0.39, 0.29) is 17.9 Å². The maximum atomic E-state index is 13.1. The van der Waals surface area contributed by atoms with Crippen LogP contribution in [0.4, 0.5) is 0 Å². The van der Waals surface area contributed by atoms with Gasteiger partial charge in [0.1, 0.15) is 0 Å². The third kappa shape index (κ3) is 3.50. The zero-order chi connectivity index (χ0) is 18.1. The first-order chi connectivity index (χ1) is 12.5. The molecule has 5 heteroatoms. The van der Waals surface area contributed by atoms with Crippen LogP contribution in [0.1, 0.15) is 55.8 Å². The molecule has 26 heavy (non-hydrogen) atoms. The van der Waals surface area contributed by atoms with Gasteiger partial charge in [-0.25, -0.2) is 0 Å². The number of carbonyl (C=O) groups excluding carboxylic acids is 2. The molecule has 2 amide bonds. The number of amides is 2. The smallest absolute Gasteiger partial charge is 0.253 e. The first kappa shape index (κ1) is 17.5. The lowest BCUT2D eigenvalue weighted by Crippen LogP contribution is -2.56. The van der Waals surface area contributed by atoms with Crippen molar-refractivity contribution >= 4 is 11.8 Å². The summed E-state index contributed by atoms with van der Waals surface area (Å²) < 4.78 is 0. The Balaban J connectivity index is 1.40. The minimum atomic E-state index is -0.493. The summed E-state index contributed by atoms with van der Waals surface area (Å²) in [6.07, 6.45) is 6.24. The van der Waals surface area contributed by atoms with Crippen molar-refractivity contribution in [3.05, 3.63) is 35.9 Å². The van der Waals surface area contributed by atoms with Gasteiger partial charge in [-0.05, 0) is 57.6 Å². The largest absolute Gasteiger partial charge is 0.353 e. The van der Waals surface area contributed by atoms with Crippen molar-refractivity contribution in [2.24, 2.45) is 5.41 Å². The van der Waals surface area contributed by atoms with E-state index in [0.29, 0.717) is 24.2 Å². The summed E-state index contributed by atoms with van der Waals surface area (Å²) >= 11 is 0. The average molecular weight is 355 g/mol. The molecule has 3 fully saturated rings. The molecule has 0 spiro atoms. The topological polar surface area (TPSA) is 61.4 Å². The van der Waals surface area contributed by atoms with Crippen molar-refractivity contribution in [2.75, 3.05) is 13.1 Å². The highest BCUT2D eigenvalue weighted by molar-refractivity contribution is 5.95. The lowest BCUT2D eigenvalue weighted by atomic mass is 9.80. The van der Waals surface area contributed by atoms with Crippen LogP contribution in [0, 0.1) is 5.41 Å². The number of hydrogen-bond acceptors (Lipinski definition) is 3. The van der Waals surface area contributed by atoms with Crippen LogP contribution in [0.3, 0.4) is 0 Å². The first-order valence-corrected chi connectivity index (χ1v) is 9.95. The number of rotatable bonds is 3. The molecule has 5 nitrogen and oxygen atoms in total. The zero-order valence-corrected chi connectivity index (χ0v) is 15.5. The van der Waals surface area contributed by atoms with E-state index in [2.05, 4.69) is 10.6 Å². The van der Waals surface area contributed by atoms with E-state index in [4.69, 9.17) is 0 Å². The fourth-order valence-corrected chi connectivity index (χ4v) is 4.90. The quantitative estimate of drug-likeness (QED) is 0.875. The molecule has 0 saturated carbocycles. The molecule has 2 N–H and O–H groups in total. The Labute approximate surface area is 155 Å². The summed E-state index contributed by atoms with van der Waals surface area (Å²) in [5.41, 5.74) is 0.208. The highest BCUT2D eigenvalue weighted by Crippen LogP contribution is 2.32. The van der Waals surface area contributed by atoms with Crippen molar-refractivity contribution in [1.29, 1.82) is 0 Å². The number of benzene rings is 1. The van der Waals surface area contributed by atoms with Gasteiger partial charge < -0.3 is 15.5 Å². The van der Waals surface area contributed by atoms with E-state index in [1.807, 2.05) is 42.2 Å². The monoisotopic (exact) mass is 355 g/mol. The van der Waals surface area contributed by atoms with Crippen LogP contribution >= 0.6 is 0 Å². The number of carbonyl (C=O) groups is 2. The summed E-state index contributed by atoms with van der Waals surface area (Å²) in [4.78, 5) is 27.7. The number of hydrogen-bond donors (Lipinski definition) is 2. The predicted octanol–water partition coefficient (Wildman–Crippen LogP) is 2.33. The van der Waals surface area contributed by atoms with Crippen molar-refractivity contribution in [3.63, 3.8) is 0 Å². The molecule has 0 radical (unpaired) electrons. The average Bonchev–Trinajstić information content (AvgIpc) is 3.00. The Morgan fingerprint density at radius 3 is 2.54 bits per heavy atom. The molecule has 3 unspecified atom stereocenters. The van der Waals surface area contributed by atoms with Crippen LogP contribution in [-0.4, -0.2) is 47.9 Å². The van der Waals surface area contributed by atoms with Crippen LogP contribution in [0.25, 0.3) is 0 Å². The number of nitrogens with zero attached hydrogens (tertiary/aromatic N) is 1. The molecule has 2 bridgehead atoms. The lowest BCUT2D eigenvalue weighted by molar-refractivity contribution is -0.133. The molecule has 0 aromatic heterocycles. The molecule has 0 aliphatic carbocycles. The third-order valence-corrected chi connectivity index (χ3v) is 6.36. The number of piperidine rings is 2. The van der Waals surface area contributed by atoms with Gasteiger partial charge >= 0.3 is 0 Å². The van der Waals surface area contributed by atoms with Crippen molar-refractivity contribution in [1.82, 2.24) is 15.5 Å². The highest BCUT2D eigenvalue weighted by Gasteiger charge is 2.41. The molecule has 1 aromatic carbocycles. The fourth-order valence-electron chi connectivity index (χ4n) is 4.90. The molecule has 3 saturated heterocycles. The summed E-state index contributed by atoms with van der Waals surface area (Å²) in [7, 11) is 0. The van der Waals surface area contributed by atoms with Crippen LogP contribution in [0.15, 0.2) is 30.3 Å². The summed E-state index contributed by atoms with van der Waals surface area (Å²) in [6, 6.07) is 10.8. The van der Waals surface area contributed by atoms with Gasteiger partial charge in [-0.2, -0.15) is 0 Å². The van der Waals surface area contributed by atoms with Crippen LogP contribution in [0.5, 0.6) is 0 Å². The standard InChI is InChI=1S/C21H29N3O2/c1-21(20(26)23-18-12-16-8-9-17(13-18)22-16)10-5-11-24(14-21)19(25)15-6-3-2-4-7-15/h2-4,6-7,16-18,22H,5,8-14H2,1H3,(H,23,26). The third-order valence-electron chi connectivity index (χ3n) is 6.36. The second kappa shape index (κ2) is 7.03. The molecular formula is C21H29N3O2. The van der Waals surface area contributed by atoms with Crippen molar-refractivity contribution in [2.45, 2.75) is 63.6 Å². The highest BCUT2D eigenvalue weighted by atomic mass is 16.2. The number of likely N-dealkylation sites (tertiary alicyclic amines) is 1. The van der Waals surface area contributed by atoms with E-state index in [1.165, 1.54) is 12.8 Å². The van der Waals surface area contributed by atoms with Gasteiger partial charge in [-0.1, -0.05) is 18.2 Å². The molecule has 3 aliphatic heterocycles. The Hall–Kier alpha value is -1.88. The van der Waals surface area contributed by atoms with Crippen molar-refractivity contribution < 1.29 is 9.59 Å². The van der Waals surface area contributed by atoms with Gasteiger partial charge in [0.05, 0.1) is 5.41 Å². The second-order valence-corrected chi connectivity index (χ2v) is 8.54. The minimum Gasteiger partial charge on any atom is -0.353 e. The molecule has 140 valence electrons.